The molecule has 1 fully saturated rings. The highest BCUT2D eigenvalue weighted by Crippen LogP contribution is 2.28. The van der Waals surface area contributed by atoms with Crippen LogP contribution in [-0.4, -0.2) is 32.3 Å². The molecule has 1 aromatic carbocycles. The second kappa shape index (κ2) is 5.91. The maximum absolute atomic E-state index is 6.08. The van der Waals surface area contributed by atoms with Gasteiger partial charge >= 0.3 is 0 Å². The molecule has 0 aromatic heterocycles. The molecule has 2 unspecified atom stereocenters. The van der Waals surface area contributed by atoms with Crippen molar-refractivity contribution in [2.24, 2.45) is 5.73 Å². The number of nitrogens with two attached hydrogens (primary N) is 1. The molecule has 100 valence electrons. The molecular formula is C14H21ClN2O. The van der Waals surface area contributed by atoms with Gasteiger partial charge in [-0.3, -0.25) is 0 Å². The molecule has 1 aliphatic heterocycles. The Balaban J connectivity index is 2.21. The minimum Gasteiger partial charge on any atom is -0.380 e. The van der Waals surface area contributed by atoms with Crippen LogP contribution < -0.4 is 10.6 Å². The van der Waals surface area contributed by atoms with Gasteiger partial charge in [0.1, 0.15) is 0 Å². The number of hydrogen-bond donors (Lipinski definition) is 1. The van der Waals surface area contributed by atoms with Gasteiger partial charge < -0.3 is 15.4 Å². The van der Waals surface area contributed by atoms with Gasteiger partial charge in [0, 0.05) is 37.0 Å². The predicted octanol–water partition coefficient (Wildman–Crippen LogP) is 2.45. The number of methoxy groups -OCH3 is 1. The lowest BCUT2D eigenvalue weighted by molar-refractivity contribution is 0.121. The first kappa shape index (κ1) is 13.7. The second-order valence-electron chi connectivity index (χ2n) is 5.05. The fraction of sp³-hybridized carbons (Fsp3) is 0.571. The van der Waals surface area contributed by atoms with Crippen LogP contribution in [0.1, 0.15) is 18.9 Å². The van der Waals surface area contributed by atoms with Gasteiger partial charge in [0.25, 0.3) is 0 Å². The van der Waals surface area contributed by atoms with E-state index in [0.717, 1.165) is 31.0 Å². The van der Waals surface area contributed by atoms with Crippen molar-refractivity contribution in [1.29, 1.82) is 0 Å². The standard InChI is InChI=1S/C14H21ClN2O/c1-10(16)7-11-8-12(15)3-4-14(11)17-6-5-13(9-17)18-2/h3-4,8,10,13H,5-7,9,16H2,1-2H3. The van der Waals surface area contributed by atoms with Gasteiger partial charge in [0.15, 0.2) is 0 Å². The van der Waals surface area contributed by atoms with E-state index in [-0.39, 0.29) is 6.04 Å². The van der Waals surface area contributed by atoms with Crippen molar-refractivity contribution in [3.8, 4) is 0 Å². The third-order valence-electron chi connectivity index (χ3n) is 3.40. The summed E-state index contributed by atoms with van der Waals surface area (Å²) >= 11 is 6.08. The Hall–Kier alpha value is -0.770. The first-order chi connectivity index (χ1) is 8.60. The Kier molecular flexibility index (Phi) is 4.49. The van der Waals surface area contributed by atoms with E-state index in [1.165, 1.54) is 11.3 Å². The highest BCUT2D eigenvalue weighted by Gasteiger charge is 2.24. The van der Waals surface area contributed by atoms with Crippen LogP contribution in [0.15, 0.2) is 18.2 Å². The molecule has 0 bridgehead atoms. The second-order valence-corrected chi connectivity index (χ2v) is 5.48. The maximum Gasteiger partial charge on any atom is 0.0762 e. The highest BCUT2D eigenvalue weighted by molar-refractivity contribution is 6.30. The molecule has 1 heterocycles. The molecule has 0 saturated carbocycles. The summed E-state index contributed by atoms with van der Waals surface area (Å²) in [4.78, 5) is 2.36. The van der Waals surface area contributed by atoms with Gasteiger partial charge in [-0.15, -0.1) is 0 Å². The van der Waals surface area contributed by atoms with Crippen LogP contribution in [0, 0.1) is 0 Å². The number of rotatable bonds is 4. The fourth-order valence-corrected chi connectivity index (χ4v) is 2.71. The van der Waals surface area contributed by atoms with E-state index in [1.54, 1.807) is 7.11 Å². The summed E-state index contributed by atoms with van der Waals surface area (Å²) in [6, 6.07) is 6.21. The van der Waals surface area contributed by atoms with Gasteiger partial charge in [-0.1, -0.05) is 11.6 Å². The van der Waals surface area contributed by atoms with Crippen LogP contribution in [0.4, 0.5) is 5.69 Å². The molecule has 0 amide bonds. The van der Waals surface area contributed by atoms with E-state index in [1.807, 2.05) is 19.1 Å². The highest BCUT2D eigenvalue weighted by atomic mass is 35.5. The molecule has 1 aliphatic rings. The predicted molar refractivity (Wildman–Crippen MR) is 76.4 cm³/mol. The number of anilines is 1. The van der Waals surface area contributed by atoms with Crippen molar-refractivity contribution in [3.63, 3.8) is 0 Å². The molecule has 0 radical (unpaired) electrons. The Morgan fingerprint density at radius 2 is 2.33 bits per heavy atom. The zero-order valence-electron chi connectivity index (χ0n) is 11.0. The smallest absolute Gasteiger partial charge is 0.0762 e. The zero-order valence-corrected chi connectivity index (χ0v) is 11.8. The number of halogens is 1. The zero-order chi connectivity index (χ0) is 13.1. The normalized spacial score (nSPS) is 21.3. The van der Waals surface area contributed by atoms with E-state index < -0.39 is 0 Å². The first-order valence-corrected chi connectivity index (χ1v) is 6.79. The van der Waals surface area contributed by atoms with Gasteiger partial charge in [0.2, 0.25) is 0 Å². The van der Waals surface area contributed by atoms with Crippen LogP contribution in [-0.2, 0) is 11.2 Å². The van der Waals surface area contributed by atoms with Crippen molar-refractivity contribution in [2.45, 2.75) is 31.9 Å². The molecule has 1 saturated heterocycles. The third kappa shape index (κ3) is 3.16. The summed E-state index contributed by atoms with van der Waals surface area (Å²) in [7, 11) is 1.78. The maximum atomic E-state index is 6.08. The van der Waals surface area contributed by atoms with Crippen molar-refractivity contribution in [2.75, 3.05) is 25.1 Å². The molecule has 2 atom stereocenters. The molecule has 4 heteroatoms. The summed E-state index contributed by atoms with van der Waals surface area (Å²) in [6.07, 6.45) is 2.27. The summed E-state index contributed by atoms with van der Waals surface area (Å²) in [6.45, 7) is 4.00. The molecule has 1 aromatic rings. The lowest BCUT2D eigenvalue weighted by Gasteiger charge is -2.23. The van der Waals surface area contributed by atoms with Crippen LogP contribution in [0.25, 0.3) is 0 Å². The van der Waals surface area contributed by atoms with Crippen molar-refractivity contribution >= 4 is 17.3 Å². The topological polar surface area (TPSA) is 38.5 Å². The number of benzene rings is 1. The van der Waals surface area contributed by atoms with Gasteiger partial charge in [-0.2, -0.15) is 0 Å². The number of nitrogens with zero attached hydrogens (tertiary/aromatic N) is 1. The van der Waals surface area contributed by atoms with Crippen molar-refractivity contribution in [1.82, 2.24) is 0 Å². The Labute approximate surface area is 114 Å². The third-order valence-corrected chi connectivity index (χ3v) is 3.64. The van der Waals surface area contributed by atoms with Gasteiger partial charge in [-0.05, 0) is 43.5 Å². The number of hydrogen-bond acceptors (Lipinski definition) is 3. The van der Waals surface area contributed by atoms with Gasteiger partial charge in [0.05, 0.1) is 6.10 Å². The first-order valence-electron chi connectivity index (χ1n) is 6.42. The summed E-state index contributed by atoms with van der Waals surface area (Å²) in [5.74, 6) is 0. The molecule has 3 nitrogen and oxygen atoms in total. The van der Waals surface area contributed by atoms with E-state index in [4.69, 9.17) is 22.1 Å². The van der Waals surface area contributed by atoms with Crippen LogP contribution >= 0.6 is 11.6 Å². The monoisotopic (exact) mass is 268 g/mol. The molecular weight excluding hydrogens is 248 g/mol. The minimum atomic E-state index is 0.142. The Morgan fingerprint density at radius 3 is 2.94 bits per heavy atom. The summed E-state index contributed by atoms with van der Waals surface area (Å²) in [5.41, 5.74) is 8.39. The molecule has 2 rings (SSSR count). The lowest BCUT2D eigenvalue weighted by atomic mass is 10.0. The summed E-state index contributed by atoms with van der Waals surface area (Å²) in [5, 5.41) is 0.775. The minimum absolute atomic E-state index is 0.142. The van der Waals surface area contributed by atoms with Crippen LogP contribution in [0.2, 0.25) is 5.02 Å². The molecule has 0 spiro atoms. The number of ether oxygens (including phenoxy) is 1. The largest absolute Gasteiger partial charge is 0.380 e. The molecule has 2 N–H and O–H groups in total. The average Bonchev–Trinajstić information content (AvgIpc) is 2.77. The SMILES string of the molecule is COC1CCN(c2ccc(Cl)cc2CC(C)N)C1. The van der Waals surface area contributed by atoms with Crippen LogP contribution in [0.3, 0.4) is 0 Å². The Bertz CT molecular complexity index is 409. The fourth-order valence-electron chi connectivity index (χ4n) is 2.51. The average molecular weight is 269 g/mol. The van der Waals surface area contributed by atoms with E-state index in [2.05, 4.69) is 11.0 Å². The van der Waals surface area contributed by atoms with E-state index in [9.17, 15) is 0 Å². The van der Waals surface area contributed by atoms with Gasteiger partial charge in [-0.25, -0.2) is 0 Å². The quantitative estimate of drug-likeness (QED) is 0.912. The lowest BCUT2D eigenvalue weighted by Crippen LogP contribution is -2.25. The summed E-state index contributed by atoms with van der Waals surface area (Å²) < 4.78 is 5.42. The van der Waals surface area contributed by atoms with Crippen molar-refractivity contribution < 1.29 is 4.74 Å². The molecule has 18 heavy (non-hydrogen) atoms. The Morgan fingerprint density at radius 1 is 1.56 bits per heavy atom. The molecule has 0 aliphatic carbocycles. The van der Waals surface area contributed by atoms with Crippen LogP contribution in [0.5, 0.6) is 0 Å². The van der Waals surface area contributed by atoms with Crippen molar-refractivity contribution in [3.05, 3.63) is 28.8 Å². The van der Waals surface area contributed by atoms with E-state index in [0.29, 0.717) is 6.10 Å². The van der Waals surface area contributed by atoms with E-state index >= 15 is 0 Å².